The number of aromatic carboxylic acids is 1. The van der Waals surface area contributed by atoms with Gasteiger partial charge in [0.2, 0.25) is 0 Å². The molecule has 0 aromatic heterocycles. The topological polar surface area (TPSA) is 87.0 Å². The zero-order chi connectivity index (χ0) is 15.1. The number of hydrogen-bond donors (Lipinski definition) is 3. The maximum Gasteiger partial charge on any atom is 0.335 e. The molecule has 2 atom stereocenters. The standard InChI is InChI=1S/C15H20O5/c1-14(2)12(17)6-7-15(3,20-14)10-5-4-9(13(18)19)8-11(10)16/h4-5,8,12,16-17H,6-7H2,1-3H3,(H,18,19). The molecule has 1 fully saturated rings. The molecule has 0 bridgehead atoms. The van der Waals surface area contributed by atoms with E-state index >= 15 is 0 Å². The molecule has 0 radical (unpaired) electrons. The summed E-state index contributed by atoms with van der Waals surface area (Å²) >= 11 is 0. The molecule has 20 heavy (non-hydrogen) atoms. The summed E-state index contributed by atoms with van der Waals surface area (Å²) in [6.07, 6.45) is 0.553. The lowest BCUT2D eigenvalue weighted by Crippen LogP contribution is -2.50. The first-order valence-corrected chi connectivity index (χ1v) is 6.61. The van der Waals surface area contributed by atoms with Crippen molar-refractivity contribution in [2.24, 2.45) is 0 Å². The number of phenolic OH excluding ortho intramolecular Hbond substituents is 1. The molecule has 1 saturated heterocycles. The van der Waals surface area contributed by atoms with E-state index in [1.54, 1.807) is 19.9 Å². The van der Waals surface area contributed by atoms with Gasteiger partial charge in [-0.25, -0.2) is 4.79 Å². The van der Waals surface area contributed by atoms with Crippen LogP contribution in [0.1, 0.15) is 49.5 Å². The highest BCUT2D eigenvalue weighted by Gasteiger charge is 2.44. The minimum atomic E-state index is -1.09. The van der Waals surface area contributed by atoms with Crippen molar-refractivity contribution in [2.75, 3.05) is 0 Å². The van der Waals surface area contributed by atoms with Gasteiger partial charge in [-0.1, -0.05) is 6.07 Å². The molecule has 0 aliphatic carbocycles. The second kappa shape index (κ2) is 4.75. The molecule has 5 heteroatoms. The molecule has 5 nitrogen and oxygen atoms in total. The minimum Gasteiger partial charge on any atom is -0.508 e. The van der Waals surface area contributed by atoms with E-state index in [1.807, 2.05) is 6.92 Å². The van der Waals surface area contributed by atoms with Crippen LogP contribution in [0.4, 0.5) is 0 Å². The second-order valence-corrected chi connectivity index (χ2v) is 6.03. The Bertz CT molecular complexity index is 537. The zero-order valence-corrected chi connectivity index (χ0v) is 11.9. The van der Waals surface area contributed by atoms with E-state index in [9.17, 15) is 15.0 Å². The van der Waals surface area contributed by atoms with Gasteiger partial charge in [-0.05, 0) is 45.7 Å². The van der Waals surface area contributed by atoms with Crippen LogP contribution in [0.15, 0.2) is 18.2 Å². The molecule has 2 unspecified atom stereocenters. The van der Waals surface area contributed by atoms with E-state index in [-0.39, 0.29) is 11.3 Å². The molecule has 110 valence electrons. The van der Waals surface area contributed by atoms with E-state index in [1.165, 1.54) is 12.1 Å². The highest BCUT2D eigenvalue weighted by atomic mass is 16.5. The van der Waals surface area contributed by atoms with E-state index in [2.05, 4.69) is 0 Å². The smallest absolute Gasteiger partial charge is 0.335 e. The van der Waals surface area contributed by atoms with Crippen molar-refractivity contribution in [2.45, 2.75) is 50.9 Å². The molecule has 1 aliphatic heterocycles. The Balaban J connectivity index is 2.38. The summed E-state index contributed by atoms with van der Waals surface area (Å²) in [7, 11) is 0. The molecular weight excluding hydrogens is 260 g/mol. The number of aliphatic hydroxyl groups excluding tert-OH is 1. The number of carbonyl (C=O) groups is 1. The van der Waals surface area contributed by atoms with Gasteiger partial charge in [0.25, 0.3) is 0 Å². The normalized spacial score (nSPS) is 29.1. The van der Waals surface area contributed by atoms with Crippen LogP contribution in [-0.2, 0) is 10.3 Å². The first kappa shape index (κ1) is 14.8. The Labute approximate surface area is 117 Å². The van der Waals surface area contributed by atoms with Crippen LogP contribution in [-0.4, -0.2) is 33.0 Å². The first-order chi connectivity index (χ1) is 9.16. The summed E-state index contributed by atoms with van der Waals surface area (Å²) in [5, 5.41) is 28.9. The third-order valence-corrected chi connectivity index (χ3v) is 4.00. The second-order valence-electron chi connectivity index (χ2n) is 6.03. The number of rotatable bonds is 2. The lowest BCUT2D eigenvalue weighted by molar-refractivity contribution is -0.219. The summed E-state index contributed by atoms with van der Waals surface area (Å²) in [4.78, 5) is 10.9. The van der Waals surface area contributed by atoms with Gasteiger partial charge in [-0.3, -0.25) is 0 Å². The lowest BCUT2D eigenvalue weighted by atomic mass is 9.81. The Morgan fingerprint density at radius 2 is 2.00 bits per heavy atom. The highest BCUT2D eigenvalue weighted by Crippen LogP contribution is 2.44. The van der Waals surface area contributed by atoms with Gasteiger partial charge in [-0.2, -0.15) is 0 Å². The molecule has 0 amide bonds. The van der Waals surface area contributed by atoms with Crippen LogP contribution >= 0.6 is 0 Å². The van der Waals surface area contributed by atoms with E-state index < -0.39 is 23.3 Å². The van der Waals surface area contributed by atoms with E-state index in [4.69, 9.17) is 9.84 Å². The van der Waals surface area contributed by atoms with Crippen molar-refractivity contribution in [3.05, 3.63) is 29.3 Å². The van der Waals surface area contributed by atoms with Crippen LogP contribution in [0.5, 0.6) is 5.75 Å². The van der Waals surface area contributed by atoms with E-state index in [0.717, 1.165) is 0 Å². The fraction of sp³-hybridized carbons (Fsp3) is 0.533. The predicted molar refractivity (Wildman–Crippen MR) is 72.8 cm³/mol. The molecule has 0 saturated carbocycles. The van der Waals surface area contributed by atoms with Gasteiger partial charge >= 0.3 is 5.97 Å². The number of hydrogen-bond acceptors (Lipinski definition) is 4. The third kappa shape index (κ3) is 2.51. The summed E-state index contributed by atoms with van der Waals surface area (Å²) in [6, 6.07) is 4.25. The minimum absolute atomic E-state index is 0.0324. The van der Waals surface area contributed by atoms with Crippen molar-refractivity contribution < 1.29 is 24.9 Å². The predicted octanol–water partition coefficient (Wildman–Crippen LogP) is 2.26. The summed E-state index contributed by atoms with van der Waals surface area (Å²) < 4.78 is 5.98. The van der Waals surface area contributed by atoms with Gasteiger partial charge in [-0.15, -0.1) is 0 Å². The molecule has 2 rings (SSSR count). The number of aromatic hydroxyl groups is 1. The number of phenols is 1. The lowest BCUT2D eigenvalue weighted by Gasteiger charge is -2.46. The van der Waals surface area contributed by atoms with Crippen molar-refractivity contribution in [3.8, 4) is 5.75 Å². The number of carboxylic acid groups (broad SMARTS) is 1. The average Bonchev–Trinajstić information content (AvgIpc) is 2.33. The average molecular weight is 280 g/mol. The monoisotopic (exact) mass is 280 g/mol. The van der Waals surface area contributed by atoms with Crippen molar-refractivity contribution in [3.63, 3.8) is 0 Å². The van der Waals surface area contributed by atoms with Crippen molar-refractivity contribution >= 4 is 5.97 Å². The number of aliphatic hydroxyl groups is 1. The van der Waals surface area contributed by atoms with Gasteiger partial charge in [0.05, 0.1) is 22.9 Å². The first-order valence-electron chi connectivity index (χ1n) is 6.61. The molecule has 0 spiro atoms. The molecule has 1 aliphatic rings. The van der Waals surface area contributed by atoms with Crippen LogP contribution in [0.25, 0.3) is 0 Å². The van der Waals surface area contributed by atoms with Gasteiger partial charge < -0.3 is 20.1 Å². The van der Waals surface area contributed by atoms with Crippen LogP contribution < -0.4 is 0 Å². The number of ether oxygens (including phenoxy) is 1. The molecule has 1 aromatic rings. The Hall–Kier alpha value is -1.59. The Kier molecular flexibility index (Phi) is 3.52. The van der Waals surface area contributed by atoms with Gasteiger partial charge in [0.1, 0.15) is 5.75 Å². The summed E-state index contributed by atoms with van der Waals surface area (Å²) in [5.41, 5.74) is -0.887. The molecule has 1 heterocycles. The Morgan fingerprint density at radius 3 is 2.50 bits per heavy atom. The SMILES string of the molecule is CC1(c2ccc(C(=O)O)cc2O)CCC(O)C(C)(C)O1. The van der Waals surface area contributed by atoms with Crippen LogP contribution in [0, 0.1) is 0 Å². The highest BCUT2D eigenvalue weighted by molar-refractivity contribution is 5.88. The van der Waals surface area contributed by atoms with E-state index in [0.29, 0.717) is 18.4 Å². The van der Waals surface area contributed by atoms with Crippen molar-refractivity contribution in [1.29, 1.82) is 0 Å². The molecular formula is C15H20O5. The fourth-order valence-corrected chi connectivity index (χ4v) is 2.76. The van der Waals surface area contributed by atoms with Gasteiger partial charge in [0.15, 0.2) is 0 Å². The Morgan fingerprint density at radius 1 is 1.35 bits per heavy atom. The maximum absolute atomic E-state index is 10.9. The fourth-order valence-electron chi connectivity index (χ4n) is 2.76. The largest absolute Gasteiger partial charge is 0.508 e. The molecule has 3 N–H and O–H groups in total. The quantitative estimate of drug-likeness (QED) is 0.773. The number of carboxylic acids is 1. The molecule has 1 aromatic carbocycles. The summed E-state index contributed by atoms with van der Waals surface area (Å²) in [5.74, 6) is -1.18. The van der Waals surface area contributed by atoms with Gasteiger partial charge in [0, 0.05) is 5.56 Å². The maximum atomic E-state index is 10.9. The zero-order valence-electron chi connectivity index (χ0n) is 11.9. The van der Waals surface area contributed by atoms with Crippen molar-refractivity contribution in [1.82, 2.24) is 0 Å². The van der Waals surface area contributed by atoms with Crippen LogP contribution in [0.3, 0.4) is 0 Å². The summed E-state index contributed by atoms with van der Waals surface area (Å²) in [6.45, 7) is 5.45. The third-order valence-electron chi connectivity index (χ3n) is 4.00. The number of benzene rings is 1. The van der Waals surface area contributed by atoms with Crippen LogP contribution in [0.2, 0.25) is 0 Å².